The summed E-state index contributed by atoms with van der Waals surface area (Å²) in [4.78, 5) is 13.8. The highest BCUT2D eigenvalue weighted by atomic mass is 35.5. The highest BCUT2D eigenvalue weighted by Gasteiger charge is 2.04. The fraction of sp³-hybridized carbons (Fsp3) is 0.250. The summed E-state index contributed by atoms with van der Waals surface area (Å²) in [5.41, 5.74) is 0.947. The first-order valence-electron chi connectivity index (χ1n) is 8.12. The molecule has 0 spiro atoms. The van der Waals surface area contributed by atoms with Crippen LogP contribution in [0, 0.1) is 0 Å². The first-order chi connectivity index (χ1) is 12.0. The van der Waals surface area contributed by atoms with Gasteiger partial charge in [0.15, 0.2) is 0 Å². The summed E-state index contributed by atoms with van der Waals surface area (Å²) in [6, 6.07) is 14.7. The summed E-state index contributed by atoms with van der Waals surface area (Å²) in [7, 11) is 1.80. The average molecular weight is 378 g/mol. The van der Waals surface area contributed by atoms with Gasteiger partial charge in [-0.1, -0.05) is 35.3 Å². The van der Waals surface area contributed by atoms with Gasteiger partial charge in [-0.3, -0.25) is 4.79 Å². The van der Waals surface area contributed by atoms with Crippen molar-refractivity contribution in [3.63, 3.8) is 0 Å². The highest BCUT2D eigenvalue weighted by molar-refractivity contribution is 6.30. The molecule has 25 heavy (non-hydrogen) atoms. The number of halogens is 2. The molecule has 2 aromatic carbocycles. The zero-order valence-electron chi connectivity index (χ0n) is 14.1. The van der Waals surface area contributed by atoms with Crippen LogP contribution in [0.3, 0.4) is 0 Å². The predicted octanol–water partition coefficient (Wildman–Crippen LogP) is 5.32. The van der Waals surface area contributed by atoms with E-state index in [1.54, 1.807) is 48.4 Å². The molecule has 0 aliphatic carbocycles. The SMILES string of the molecule is CN(CCCCOc1ccc(Cl)cc1)C(=O)/C=C/c1ccc(Cl)cc1. The Morgan fingerprint density at radius 3 is 2.24 bits per heavy atom. The number of carbonyl (C=O) groups is 1. The van der Waals surface area contributed by atoms with Gasteiger partial charge in [0.2, 0.25) is 5.91 Å². The Bertz CT molecular complexity index is 697. The van der Waals surface area contributed by atoms with Crippen molar-refractivity contribution in [1.29, 1.82) is 0 Å². The van der Waals surface area contributed by atoms with Crippen LogP contribution < -0.4 is 4.74 Å². The predicted molar refractivity (Wildman–Crippen MR) is 104 cm³/mol. The Hall–Kier alpha value is -1.97. The molecule has 0 saturated heterocycles. The summed E-state index contributed by atoms with van der Waals surface area (Å²) in [6.07, 6.45) is 5.12. The Morgan fingerprint density at radius 1 is 1.00 bits per heavy atom. The summed E-state index contributed by atoms with van der Waals surface area (Å²) in [5, 5.41) is 1.38. The molecule has 0 unspecified atom stereocenters. The van der Waals surface area contributed by atoms with Crippen molar-refractivity contribution in [2.75, 3.05) is 20.2 Å². The van der Waals surface area contributed by atoms with E-state index in [-0.39, 0.29) is 5.91 Å². The molecule has 0 fully saturated rings. The minimum Gasteiger partial charge on any atom is -0.494 e. The van der Waals surface area contributed by atoms with Crippen LogP contribution in [-0.4, -0.2) is 31.0 Å². The third kappa shape index (κ3) is 7.20. The maximum atomic E-state index is 12.1. The molecule has 0 saturated carbocycles. The molecule has 2 rings (SSSR count). The number of hydrogen-bond acceptors (Lipinski definition) is 2. The molecule has 0 aromatic heterocycles. The van der Waals surface area contributed by atoms with Gasteiger partial charge in [0.25, 0.3) is 0 Å². The monoisotopic (exact) mass is 377 g/mol. The zero-order valence-corrected chi connectivity index (χ0v) is 15.6. The number of amides is 1. The smallest absolute Gasteiger partial charge is 0.246 e. The van der Waals surface area contributed by atoms with Crippen molar-refractivity contribution < 1.29 is 9.53 Å². The van der Waals surface area contributed by atoms with Gasteiger partial charge in [-0.05, 0) is 60.9 Å². The molecule has 0 aliphatic heterocycles. The fourth-order valence-electron chi connectivity index (χ4n) is 2.15. The van der Waals surface area contributed by atoms with Gasteiger partial charge in [-0.2, -0.15) is 0 Å². The maximum absolute atomic E-state index is 12.1. The number of ether oxygens (including phenoxy) is 1. The zero-order chi connectivity index (χ0) is 18.1. The van der Waals surface area contributed by atoms with Crippen molar-refractivity contribution in [3.05, 3.63) is 70.2 Å². The van der Waals surface area contributed by atoms with Crippen LogP contribution in [0.15, 0.2) is 54.6 Å². The molecule has 0 heterocycles. The lowest BCUT2D eigenvalue weighted by atomic mass is 10.2. The first kappa shape index (κ1) is 19.4. The molecule has 0 aliphatic rings. The number of rotatable bonds is 8. The normalized spacial score (nSPS) is 10.8. The Labute approximate surface area is 158 Å². The van der Waals surface area contributed by atoms with Crippen LogP contribution in [0.1, 0.15) is 18.4 Å². The Balaban J connectivity index is 1.65. The number of benzene rings is 2. The van der Waals surface area contributed by atoms with Crippen LogP contribution in [0.2, 0.25) is 10.0 Å². The van der Waals surface area contributed by atoms with Gasteiger partial charge in [0.05, 0.1) is 6.61 Å². The Morgan fingerprint density at radius 2 is 1.60 bits per heavy atom. The van der Waals surface area contributed by atoms with E-state index in [0.717, 1.165) is 24.2 Å². The van der Waals surface area contributed by atoms with Gasteiger partial charge >= 0.3 is 0 Å². The molecule has 0 radical (unpaired) electrons. The summed E-state index contributed by atoms with van der Waals surface area (Å²) in [5.74, 6) is 0.785. The van der Waals surface area contributed by atoms with Crippen molar-refractivity contribution in [1.82, 2.24) is 4.90 Å². The molecule has 1 amide bonds. The van der Waals surface area contributed by atoms with Crippen LogP contribution >= 0.6 is 23.2 Å². The van der Waals surface area contributed by atoms with E-state index in [1.807, 2.05) is 24.3 Å². The second-order valence-corrected chi connectivity index (χ2v) is 6.53. The summed E-state index contributed by atoms with van der Waals surface area (Å²) in [6.45, 7) is 1.30. The molecule has 0 bridgehead atoms. The van der Waals surface area contributed by atoms with E-state index in [9.17, 15) is 4.79 Å². The Kier molecular flexibility index (Phi) is 7.83. The quantitative estimate of drug-likeness (QED) is 0.459. The van der Waals surface area contributed by atoms with Gasteiger partial charge in [0, 0.05) is 29.7 Å². The minimum atomic E-state index is -0.0198. The second kappa shape index (κ2) is 10.1. The molecule has 2 aromatic rings. The van der Waals surface area contributed by atoms with E-state index >= 15 is 0 Å². The lowest BCUT2D eigenvalue weighted by Crippen LogP contribution is -2.26. The lowest BCUT2D eigenvalue weighted by molar-refractivity contribution is -0.124. The number of likely N-dealkylation sites (N-methyl/N-ethyl adjacent to an activating group) is 1. The summed E-state index contributed by atoms with van der Waals surface area (Å²) < 4.78 is 5.63. The topological polar surface area (TPSA) is 29.5 Å². The van der Waals surface area contributed by atoms with E-state index in [2.05, 4.69) is 0 Å². The largest absolute Gasteiger partial charge is 0.494 e. The molecular formula is C20H21Cl2NO2. The van der Waals surface area contributed by atoms with Gasteiger partial charge in [-0.15, -0.1) is 0 Å². The average Bonchev–Trinajstić information content (AvgIpc) is 2.62. The van der Waals surface area contributed by atoms with Gasteiger partial charge < -0.3 is 9.64 Å². The van der Waals surface area contributed by atoms with E-state index in [0.29, 0.717) is 23.2 Å². The van der Waals surface area contributed by atoms with Crippen molar-refractivity contribution in [3.8, 4) is 5.75 Å². The minimum absolute atomic E-state index is 0.0198. The third-order valence-corrected chi connectivity index (χ3v) is 4.14. The third-order valence-electron chi connectivity index (χ3n) is 3.63. The number of carbonyl (C=O) groups excluding carboxylic acids is 1. The van der Waals surface area contributed by atoms with Crippen molar-refractivity contribution >= 4 is 35.2 Å². The van der Waals surface area contributed by atoms with Gasteiger partial charge in [0.1, 0.15) is 5.75 Å². The van der Waals surface area contributed by atoms with Crippen molar-refractivity contribution in [2.24, 2.45) is 0 Å². The number of nitrogens with zero attached hydrogens (tertiary/aromatic N) is 1. The fourth-order valence-corrected chi connectivity index (χ4v) is 2.40. The van der Waals surface area contributed by atoms with Crippen LogP contribution in [-0.2, 0) is 4.79 Å². The molecule has 0 N–H and O–H groups in total. The molecule has 5 heteroatoms. The van der Waals surface area contributed by atoms with Gasteiger partial charge in [-0.25, -0.2) is 0 Å². The van der Waals surface area contributed by atoms with Crippen molar-refractivity contribution in [2.45, 2.75) is 12.8 Å². The molecular weight excluding hydrogens is 357 g/mol. The molecule has 3 nitrogen and oxygen atoms in total. The highest BCUT2D eigenvalue weighted by Crippen LogP contribution is 2.15. The molecule has 0 atom stereocenters. The van der Waals surface area contributed by atoms with E-state index < -0.39 is 0 Å². The van der Waals surface area contributed by atoms with Crippen LogP contribution in [0.4, 0.5) is 0 Å². The second-order valence-electron chi connectivity index (χ2n) is 5.65. The number of hydrogen-bond donors (Lipinski definition) is 0. The lowest BCUT2D eigenvalue weighted by Gasteiger charge is -2.15. The number of unbranched alkanes of at least 4 members (excludes halogenated alkanes) is 1. The summed E-state index contributed by atoms with van der Waals surface area (Å²) >= 11 is 11.7. The van der Waals surface area contributed by atoms with Crippen LogP contribution in [0.25, 0.3) is 6.08 Å². The standard InChI is InChI=1S/C20H21Cl2NO2/c1-23(20(24)13-6-16-4-7-17(21)8-5-16)14-2-3-15-25-19-11-9-18(22)10-12-19/h4-13H,2-3,14-15H2,1H3/b13-6+. The van der Waals surface area contributed by atoms with E-state index in [4.69, 9.17) is 27.9 Å². The first-order valence-corrected chi connectivity index (χ1v) is 8.87. The van der Waals surface area contributed by atoms with Crippen LogP contribution in [0.5, 0.6) is 5.75 Å². The maximum Gasteiger partial charge on any atom is 0.246 e. The molecule has 132 valence electrons. The van der Waals surface area contributed by atoms with E-state index in [1.165, 1.54) is 0 Å².